The van der Waals surface area contributed by atoms with Gasteiger partial charge >= 0.3 is 19.8 Å². The first kappa shape index (κ1) is 82.7. The third-order valence-electron chi connectivity index (χ3n) is 15.3. The number of carbonyl (C=O) groups is 2. The lowest BCUT2D eigenvalue weighted by Crippen LogP contribution is -2.37. The van der Waals surface area contributed by atoms with Gasteiger partial charge in [0.05, 0.1) is 27.7 Å². The van der Waals surface area contributed by atoms with E-state index in [0.717, 1.165) is 96.3 Å². The summed E-state index contributed by atoms with van der Waals surface area (Å²) >= 11 is 0. The molecule has 0 spiro atoms. The van der Waals surface area contributed by atoms with Crippen LogP contribution in [-0.4, -0.2) is 74.9 Å². The molecule has 0 amide bonds. The van der Waals surface area contributed by atoms with E-state index >= 15 is 0 Å². The zero-order valence-electron chi connectivity index (χ0n) is 56.5. The van der Waals surface area contributed by atoms with Crippen LogP contribution >= 0.6 is 7.82 Å². The smallest absolute Gasteiger partial charge is 0.462 e. The molecule has 0 radical (unpaired) electrons. The van der Waals surface area contributed by atoms with E-state index in [4.69, 9.17) is 18.5 Å². The summed E-state index contributed by atoms with van der Waals surface area (Å²) in [7, 11) is 1.48. The van der Waals surface area contributed by atoms with Crippen LogP contribution in [0.25, 0.3) is 0 Å². The molecule has 86 heavy (non-hydrogen) atoms. The number of carbonyl (C=O) groups excluding carboxylic acids is 2. The Hall–Kier alpha value is -3.33. The molecule has 0 fully saturated rings. The van der Waals surface area contributed by atoms with Gasteiger partial charge in [-0.05, 0) is 96.3 Å². The number of phosphoric ester groups is 1. The Morgan fingerprint density at radius 3 is 0.930 bits per heavy atom. The number of hydrogen-bond donors (Lipinski definition) is 1. The van der Waals surface area contributed by atoms with Gasteiger partial charge in [0.2, 0.25) is 0 Å². The van der Waals surface area contributed by atoms with Crippen molar-refractivity contribution in [2.24, 2.45) is 0 Å². The summed E-state index contributed by atoms with van der Waals surface area (Å²) in [6.07, 6.45) is 93.5. The zero-order valence-corrected chi connectivity index (χ0v) is 57.4. The van der Waals surface area contributed by atoms with Crippen LogP contribution in [0.4, 0.5) is 0 Å². The molecule has 0 aliphatic heterocycles. The highest BCUT2D eigenvalue weighted by molar-refractivity contribution is 7.47. The Labute approximate surface area is 531 Å². The molecule has 2 atom stereocenters. The fourth-order valence-electron chi connectivity index (χ4n) is 9.92. The van der Waals surface area contributed by atoms with Crippen molar-refractivity contribution in [1.29, 1.82) is 0 Å². The number of esters is 2. The maximum absolute atomic E-state index is 12.9. The van der Waals surface area contributed by atoms with Gasteiger partial charge in [-0.15, -0.1) is 0 Å². The summed E-state index contributed by atoms with van der Waals surface area (Å²) in [6.45, 7) is 4.23. The van der Waals surface area contributed by atoms with E-state index in [9.17, 15) is 19.0 Å². The molecule has 0 heterocycles. The quantitative estimate of drug-likeness (QED) is 0.0211. The third kappa shape index (κ3) is 69.8. The van der Waals surface area contributed by atoms with Crippen LogP contribution in [0, 0.1) is 0 Å². The third-order valence-corrected chi connectivity index (χ3v) is 16.3. The molecule has 10 heteroatoms. The maximum Gasteiger partial charge on any atom is 0.472 e. The summed E-state index contributed by atoms with van der Waals surface area (Å²) in [6, 6.07) is 0. The van der Waals surface area contributed by atoms with E-state index in [1.54, 1.807) is 0 Å². The molecule has 0 rings (SSSR count). The number of phosphoric acid groups is 1. The van der Waals surface area contributed by atoms with Gasteiger partial charge in [-0.1, -0.05) is 309 Å². The largest absolute Gasteiger partial charge is 0.472 e. The van der Waals surface area contributed by atoms with Gasteiger partial charge in [0.1, 0.15) is 19.8 Å². The fourth-order valence-corrected chi connectivity index (χ4v) is 10.7. The second-order valence-corrected chi connectivity index (χ2v) is 26.3. The van der Waals surface area contributed by atoms with Crippen molar-refractivity contribution in [1.82, 2.24) is 0 Å². The number of rotatable bonds is 65. The number of hydrogen-bond acceptors (Lipinski definition) is 7. The molecule has 0 saturated carbocycles. The van der Waals surface area contributed by atoms with Gasteiger partial charge in [-0.25, -0.2) is 4.57 Å². The monoisotopic (exact) mass is 1220 g/mol. The van der Waals surface area contributed by atoms with E-state index < -0.39 is 26.5 Å². The van der Waals surface area contributed by atoms with Gasteiger partial charge in [-0.3, -0.25) is 18.6 Å². The van der Waals surface area contributed by atoms with Crippen molar-refractivity contribution in [2.45, 2.75) is 315 Å². The van der Waals surface area contributed by atoms with Gasteiger partial charge in [0, 0.05) is 12.8 Å². The van der Waals surface area contributed by atoms with E-state index in [-0.39, 0.29) is 32.0 Å². The lowest BCUT2D eigenvalue weighted by molar-refractivity contribution is -0.870. The minimum Gasteiger partial charge on any atom is -0.462 e. The summed E-state index contributed by atoms with van der Waals surface area (Å²) in [5, 5.41) is 0. The first-order valence-corrected chi connectivity index (χ1v) is 37.1. The molecule has 9 nitrogen and oxygen atoms in total. The first-order chi connectivity index (χ1) is 42.0. The van der Waals surface area contributed by atoms with Crippen molar-refractivity contribution < 1.29 is 42.1 Å². The topological polar surface area (TPSA) is 108 Å². The number of ether oxygens (including phenoxy) is 2. The van der Waals surface area contributed by atoms with Crippen molar-refractivity contribution >= 4 is 19.8 Å². The summed E-state index contributed by atoms with van der Waals surface area (Å²) in [5.74, 6) is -0.794. The molecule has 0 aromatic heterocycles. The zero-order chi connectivity index (χ0) is 62.6. The standard InChI is InChI=1S/C76H134NO8P/c1-6-8-10-12-14-16-18-20-22-24-26-28-30-31-32-33-34-35-36-37-38-39-40-41-42-43-44-45-47-49-51-53-55-57-59-61-63-65-67-69-76(79)85-74(73-84-86(80,81)83-71-70-77(3,4)5)72-82-75(78)68-66-64-62-60-58-56-54-52-50-48-46-29-27-25-23-21-19-17-15-13-11-9-7-2/h8-11,14-17,20-23,26-29,31-32,74H,6-7,12-13,18-19,24-25,30,33-73H2,1-5H3/p+1/b10-8-,11-9-,16-14-,17-15-,22-20-,23-21-,28-26-,29-27-,32-31-. The molecular weight excluding hydrogens is 1090 g/mol. The van der Waals surface area contributed by atoms with Gasteiger partial charge in [0.25, 0.3) is 0 Å². The second-order valence-electron chi connectivity index (χ2n) is 24.9. The first-order valence-electron chi connectivity index (χ1n) is 35.6. The van der Waals surface area contributed by atoms with E-state index in [1.165, 1.54) is 180 Å². The normalized spacial score (nSPS) is 13.8. The minimum absolute atomic E-state index is 0.0289. The average molecular weight is 1220 g/mol. The van der Waals surface area contributed by atoms with Gasteiger partial charge in [0.15, 0.2) is 6.10 Å². The van der Waals surface area contributed by atoms with E-state index in [1.807, 2.05) is 21.1 Å². The number of likely N-dealkylation sites (N-methyl/N-ethyl adjacent to an activating group) is 1. The van der Waals surface area contributed by atoms with E-state index in [2.05, 4.69) is 123 Å². The predicted octanol–water partition coefficient (Wildman–Crippen LogP) is 23.3. The van der Waals surface area contributed by atoms with Crippen molar-refractivity contribution in [3.63, 3.8) is 0 Å². The molecule has 0 aromatic rings. The van der Waals surface area contributed by atoms with Crippen LogP contribution in [0.2, 0.25) is 0 Å². The number of nitrogens with zero attached hydrogens (tertiary/aromatic N) is 1. The Balaban J connectivity index is 3.97. The van der Waals surface area contributed by atoms with Crippen LogP contribution in [0.1, 0.15) is 309 Å². The van der Waals surface area contributed by atoms with E-state index in [0.29, 0.717) is 17.4 Å². The van der Waals surface area contributed by atoms with Crippen LogP contribution in [0.15, 0.2) is 109 Å². The Kier molecular flexibility index (Phi) is 63.5. The molecule has 2 unspecified atom stereocenters. The molecule has 0 aliphatic carbocycles. The number of quaternary nitrogens is 1. The second kappa shape index (κ2) is 66.1. The van der Waals surface area contributed by atoms with Gasteiger partial charge in [-0.2, -0.15) is 0 Å². The Bertz CT molecular complexity index is 1820. The van der Waals surface area contributed by atoms with Crippen molar-refractivity contribution in [3.05, 3.63) is 109 Å². The van der Waals surface area contributed by atoms with Crippen LogP contribution in [0.3, 0.4) is 0 Å². The SMILES string of the molecule is CC/C=C\C/C=C\C/C=C\C/C=C\C/C=C\CCCCCCCCCCCCCCCCCCCCCCCCCC(=O)OC(COC(=O)CCCCCCCCCCCC/C=C\C/C=C\C/C=C\C/C=C\CC)COP(=O)(O)OCC[N+](C)(C)C. The van der Waals surface area contributed by atoms with Crippen molar-refractivity contribution in [2.75, 3.05) is 47.5 Å². The van der Waals surface area contributed by atoms with Gasteiger partial charge < -0.3 is 18.9 Å². The summed E-state index contributed by atoms with van der Waals surface area (Å²) in [5.41, 5.74) is 0. The molecular formula is C76H135NO8P+. The molecule has 496 valence electrons. The summed E-state index contributed by atoms with van der Waals surface area (Å²) in [4.78, 5) is 35.9. The van der Waals surface area contributed by atoms with Crippen LogP contribution in [0.5, 0.6) is 0 Å². The lowest BCUT2D eigenvalue weighted by Gasteiger charge is -2.24. The molecule has 1 N–H and O–H groups in total. The molecule has 0 saturated heterocycles. The Morgan fingerprint density at radius 1 is 0.360 bits per heavy atom. The minimum atomic E-state index is -4.40. The molecule has 0 bridgehead atoms. The highest BCUT2D eigenvalue weighted by Gasteiger charge is 2.27. The summed E-state index contributed by atoms with van der Waals surface area (Å²) < 4.78 is 34.7. The Morgan fingerprint density at radius 2 is 0.628 bits per heavy atom. The number of unbranched alkanes of at least 4 members (excludes halogenated alkanes) is 33. The maximum atomic E-state index is 12.9. The number of allylic oxidation sites excluding steroid dienone is 18. The average Bonchev–Trinajstić information content (AvgIpc) is 3.56. The van der Waals surface area contributed by atoms with Crippen molar-refractivity contribution in [3.8, 4) is 0 Å². The van der Waals surface area contributed by atoms with Crippen LogP contribution < -0.4 is 0 Å². The molecule has 0 aromatic carbocycles. The molecule has 0 aliphatic rings. The lowest BCUT2D eigenvalue weighted by atomic mass is 10.0. The predicted molar refractivity (Wildman–Crippen MR) is 371 cm³/mol. The fraction of sp³-hybridized carbons (Fsp3) is 0.737. The highest BCUT2D eigenvalue weighted by Crippen LogP contribution is 2.43. The van der Waals surface area contributed by atoms with Crippen LogP contribution in [-0.2, 0) is 32.7 Å². The highest BCUT2D eigenvalue weighted by atomic mass is 31.2.